The monoisotopic (exact) mass is 1270 g/mol. The molecule has 2 saturated heterocycles. The molecule has 1 aromatic rings. The standard InChI is InChI=1S/C60H102N16O14/c1-12-32-25-40(78)44-54(87)66-28-41(79)67-35(20-16-22-61)49(82)71-39(29-77)53(86)72-42(33-18-14-13-15-19-33)45(75-52(85)38(27-60(9,10)11)70-48(81)34(62)26-59(6,7)8)56(89)76-46(47(80)31(4)5)57(90)69-37(24-30(2)3)51(84)68-36(21-17-23-65-58(63)64)50(83)73-43(32)55(88)74-44/h13-15,18-19,30-32,34-40,42-47,77-78,80H,12,16-17,20-29,61-62H2,1-11H3,(H,66,87)(H,67,79)(H,68,84)(H,69,90)(H,70,81)(H,71,82)(H,72,86)(H,73,83)(H,74,88)(H,75,85)(H,76,89)(H4,63,64,65)/t32?,34-,35+,36-,37+,38+,39?,40+,42-,43+,44+,45+,46+,47-/m1/s1. The summed E-state index contributed by atoms with van der Waals surface area (Å²) in [7, 11) is 0. The topological polar surface area (TPSA) is 495 Å². The molecule has 1 aromatic carbocycles. The van der Waals surface area contributed by atoms with E-state index in [1.807, 2.05) is 20.8 Å². The van der Waals surface area contributed by atoms with E-state index in [1.54, 1.807) is 47.6 Å². The first-order chi connectivity index (χ1) is 42.0. The molecule has 0 aliphatic carbocycles. The van der Waals surface area contributed by atoms with E-state index in [-0.39, 0.29) is 88.3 Å². The van der Waals surface area contributed by atoms with Gasteiger partial charge in [0, 0.05) is 6.54 Å². The molecule has 0 aromatic heterocycles. The highest BCUT2D eigenvalue weighted by atomic mass is 16.3. The second-order valence-corrected chi connectivity index (χ2v) is 26.5. The van der Waals surface area contributed by atoms with Crippen molar-refractivity contribution in [2.45, 2.75) is 213 Å². The highest BCUT2D eigenvalue weighted by Gasteiger charge is 2.44. The number of benzene rings is 1. The van der Waals surface area contributed by atoms with Gasteiger partial charge in [0.05, 0.1) is 37.4 Å². The largest absolute Gasteiger partial charge is 0.394 e. The van der Waals surface area contributed by atoms with Crippen LogP contribution in [0.25, 0.3) is 0 Å². The average molecular weight is 1270 g/mol. The summed E-state index contributed by atoms with van der Waals surface area (Å²) in [6, 6.07) is -9.86. The fourth-order valence-electron chi connectivity index (χ4n) is 10.4. The van der Waals surface area contributed by atoms with Crippen molar-refractivity contribution in [3.8, 4) is 0 Å². The Morgan fingerprint density at radius 2 is 1.22 bits per heavy atom. The Morgan fingerprint density at radius 3 is 1.79 bits per heavy atom. The van der Waals surface area contributed by atoms with Crippen molar-refractivity contribution in [3.05, 3.63) is 35.9 Å². The number of hydrogen-bond donors (Lipinski definition) is 19. The molecule has 2 fully saturated rings. The van der Waals surface area contributed by atoms with Crippen LogP contribution in [-0.4, -0.2) is 185 Å². The van der Waals surface area contributed by atoms with E-state index < -0.39 is 179 Å². The zero-order chi connectivity index (χ0) is 68.0. The number of carbonyl (C=O) groups is 11. The number of amides is 11. The van der Waals surface area contributed by atoms with Crippen LogP contribution in [0.1, 0.15) is 146 Å². The van der Waals surface area contributed by atoms with Crippen LogP contribution >= 0.6 is 0 Å². The average Bonchev–Trinajstić information content (AvgIpc) is 1.96. The zero-order valence-electron chi connectivity index (χ0n) is 53.9. The van der Waals surface area contributed by atoms with Gasteiger partial charge in [0.1, 0.15) is 54.4 Å². The minimum absolute atomic E-state index is 0.0286. The number of aliphatic hydroxyl groups is 3. The van der Waals surface area contributed by atoms with E-state index >= 15 is 9.59 Å². The zero-order valence-corrected chi connectivity index (χ0v) is 53.9. The van der Waals surface area contributed by atoms with Gasteiger partial charge >= 0.3 is 0 Å². The van der Waals surface area contributed by atoms with E-state index in [2.05, 4.69) is 63.8 Å². The summed E-state index contributed by atoms with van der Waals surface area (Å²) in [5.74, 6) is -13.2. The van der Waals surface area contributed by atoms with Crippen molar-refractivity contribution in [1.82, 2.24) is 63.8 Å². The minimum Gasteiger partial charge on any atom is -0.394 e. The molecule has 2 bridgehead atoms. The molecule has 22 N–H and O–H groups in total. The Bertz CT molecular complexity index is 2630. The van der Waals surface area contributed by atoms with Crippen LogP contribution in [0.15, 0.2) is 30.3 Å². The second-order valence-electron chi connectivity index (χ2n) is 26.5. The van der Waals surface area contributed by atoms with Crippen LogP contribution in [0.4, 0.5) is 0 Å². The number of fused-ring (bicyclic) bond motifs is 3. The highest BCUT2D eigenvalue weighted by molar-refractivity contribution is 6.00. The summed E-state index contributed by atoms with van der Waals surface area (Å²) in [5.41, 5.74) is 16.7. The van der Waals surface area contributed by atoms with Gasteiger partial charge in [0.25, 0.3) is 0 Å². The Morgan fingerprint density at radius 1 is 0.678 bits per heavy atom. The van der Waals surface area contributed by atoms with Gasteiger partial charge in [0.15, 0.2) is 5.96 Å². The molecule has 2 unspecified atom stereocenters. The Balaban J connectivity index is 2.39. The van der Waals surface area contributed by atoms with Crippen molar-refractivity contribution >= 4 is 70.9 Å². The quantitative estimate of drug-likeness (QED) is 0.0340. The normalized spacial score (nSPS) is 26.2. The molecule has 0 saturated carbocycles. The van der Waals surface area contributed by atoms with Crippen molar-refractivity contribution in [2.75, 3.05) is 26.2 Å². The van der Waals surface area contributed by atoms with Crippen LogP contribution in [0.3, 0.4) is 0 Å². The highest BCUT2D eigenvalue weighted by Crippen LogP contribution is 2.26. The molecule has 3 rings (SSSR count). The maximum absolute atomic E-state index is 15.5. The van der Waals surface area contributed by atoms with E-state index in [4.69, 9.17) is 22.6 Å². The van der Waals surface area contributed by atoms with Crippen molar-refractivity contribution in [3.63, 3.8) is 0 Å². The second kappa shape index (κ2) is 35.7. The molecule has 14 atom stereocenters. The number of rotatable bonds is 20. The SMILES string of the molecule is CCC1C[C@H](O)[C@@H]2NC(=O)[C@H]1NC(=O)[C@@H](CCCNC(=N)N)NC(=O)[C@H](CC(C)C)NC(=O)[C@H]([C@H](O)C(C)C)NC(=O)[C@@H](NC(=O)[C@H](CC(C)(C)C)NC(=O)[C@H](N)CC(C)(C)C)[C@@H](c1ccccc1)NC(=O)C(CO)NC(=O)[C@H](CCCN)NC(=O)CNC2=O. The first-order valence-corrected chi connectivity index (χ1v) is 30.9. The number of aliphatic hydroxyl groups excluding tert-OH is 3. The molecule has 506 valence electrons. The smallest absolute Gasteiger partial charge is 0.245 e. The van der Waals surface area contributed by atoms with Gasteiger partial charge in [-0.15, -0.1) is 0 Å². The third-order valence-corrected chi connectivity index (χ3v) is 15.2. The summed E-state index contributed by atoms with van der Waals surface area (Å²) in [4.78, 5) is 159. The molecule has 2 aliphatic heterocycles. The van der Waals surface area contributed by atoms with Crippen molar-refractivity contribution in [1.29, 1.82) is 5.41 Å². The molecule has 30 nitrogen and oxygen atoms in total. The molecule has 30 heteroatoms. The van der Waals surface area contributed by atoms with Gasteiger partial charge in [-0.3, -0.25) is 58.1 Å². The van der Waals surface area contributed by atoms with Crippen molar-refractivity contribution < 1.29 is 68.1 Å². The molecule has 11 amide bonds. The van der Waals surface area contributed by atoms with Crippen LogP contribution < -0.4 is 81.0 Å². The van der Waals surface area contributed by atoms with Gasteiger partial charge < -0.3 is 96.3 Å². The van der Waals surface area contributed by atoms with Gasteiger partial charge in [-0.2, -0.15) is 0 Å². The van der Waals surface area contributed by atoms with Crippen LogP contribution in [-0.2, 0) is 52.7 Å². The van der Waals surface area contributed by atoms with E-state index in [1.165, 1.54) is 38.1 Å². The van der Waals surface area contributed by atoms with E-state index in [9.17, 15) is 58.5 Å². The maximum atomic E-state index is 15.5. The number of guanidine groups is 1. The molecule has 0 radical (unpaired) electrons. The third-order valence-electron chi connectivity index (χ3n) is 15.2. The predicted octanol–water partition coefficient (Wildman–Crippen LogP) is -3.62. The van der Waals surface area contributed by atoms with Gasteiger partial charge in [-0.25, -0.2) is 0 Å². The summed E-state index contributed by atoms with van der Waals surface area (Å²) >= 11 is 0. The number of hydrogen-bond acceptors (Lipinski definition) is 17. The molecular formula is C60H102N16O14. The van der Waals surface area contributed by atoms with Crippen LogP contribution in [0.2, 0.25) is 0 Å². The molecule has 2 heterocycles. The lowest BCUT2D eigenvalue weighted by Gasteiger charge is -2.35. The number of nitrogens with two attached hydrogens (primary N) is 3. The lowest BCUT2D eigenvalue weighted by Crippen LogP contribution is -2.65. The molecular weight excluding hydrogens is 1170 g/mol. The molecule has 0 spiro atoms. The number of nitrogens with one attached hydrogen (secondary N) is 13. The summed E-state index contributed by atoms with van der Waals surface area (Å²) in [6.45, 7) is 17.4. The van der Waals surface area contributed by atoms with Gasteiger partial charge in [-0.05, 0) is 92.1 Å². The predicted molar refractivity (Wildman–Crippen MR) is 333 cm³/mol. The summed E-state index contributed by atoms with van der Waals surface area (Å²) in [6.07, 6.45) is -3.31. The fraction of sp³-hybridized carbons (Fsp3) is 0.700. The van der Waals surface area contributed by atoms with Crippen LogP contribution in [0, 0.1) is 34.0 Å². The van der Waals surface area contributed by atoms with Gasteiger partial charge in [-0.1, -0.05) is 113 Å². The van der Waals surface area contributed by atoms with Gasteiger partial charge in [0.2, 0.25) is 65.0 Å². The first-order valence-electron chi connectivity index (χ1n) is 30.9. The molecule has 90 heavy (non-hydrogen) atoms. The first kappa shape index (κ1) is 76.7. The lowest BCUT2D eigenvalue weighted by molar-refractivity contribution is -0.139. The van der Waals surface area contributed by atoms with Crippen LogP contribution in [0.5, 0.6) is 0 Å². The minimum atomic E-state index is -2.00. The fourth-order valence-corrected chi connectivity index (χ4v) is 10.4. The van der Waals surface area contributed by atoms with Crippen molar-refractivity contribution in [2.24, 2.45) is 45.8 Å². The van der Waals surface area contributed by atoms with E-state index in [0.717, 1.165) is 0 Å². The van der Waals surface area contributed by atoms with E-state index in [0.29, 0.717) is 0 Å². The summed E-state index contributed by atoms with van der Waals surface area (Å²) in [5, 5.41) is 72.6. The maximum Gasteiger partial charge on any atom is 0.245 e. The number of carbonyl (C=O) groups excluding carboxylic acids is 11. The Labute approximate surface area is 527 Å². The summed E-state index contributed by atoms with van der Waals surface area (Å²) < 4.78 is 0. The lowest BCUT2D eigenvalue weighted by atomic mass is 9.86. The molecule has 2 aliphatic rings. The Kier molecular flexibility index (Phi) is 30.5. The third kappa shape index (κ3) is 25.0. The Hall–Kier alpha value is -7.54.